The fraction of sp³-hybridized carbons (Fsp3) is 0.737. The van der Waals surface area contributed by atoms with Crippen LogP contribution in [-0.4, -0.2) is 43.4 Å². The van der Waals surface area contributed by atoms with E-state index in [0.717, 1.165) is 51.8 Å². The number of guanidine groups is 1. The minimum Gasteiger partial charge on any atom is -0.382 e. The number of nitrogens with one attached hydrogen (secondary N) is 2. The summed E-state index contributed by atoms with van der Waals surface area (Å²) in [5.74, 6) is 0.937. The predicted octanol–water partition coefficient (Wildman–Crippen LogP) is 3.03. The Morgan fingerprint density at radius 3 is 2.58 bits per heavy atom. The molecule has 0 amide bonds. The summed E-state index contributed by atoms with van der Waals surface area (Å²) in [6.45, 7) is 9.48. The smallest absolute Gasteiger partial charge is 0.191 e. The van der Waals surface area contributed by atoms with Crippen LogP contribution >= 0.6 is 0 Å². The normalized spacial score (nSPS) is 17.2. The molecule has 0 radical (unpaired) electrons. The van der Waals surface area contributed by atoms with Crippen LogP contribution in [-0.2, 0) is 11.3 Å². The van der Waals surface area contributed by atoms with Gasteiger partial charge in [-0.15, -0.1) is 0 Å². The summed E-state index contributed by atoms with van der Waals surface area (Å²) in [4.78, 5) is 4.89. The van der Waals surface area contributed by atoms with Gasteiger partial charge in [-0.3, -0.25) is 4.99 Å². The first kappa shape index (κ1) is 18.8. The average Bonchev–Trinajstić information content (AvgIpc) is 3.25. The fourth-order valence-electron chi connectivity index (χ4n) is 3.46. The molecule has 5 heteroatoms. The van der Waals surface area contributed by atoms with Crippen molar-refractivity contribution < 1.29 is 4.74 Å². The highest BCUT2D eigenvalue weighted by Gasteiger charge is 2.33. The van der Waals surface area contributed by atoms with E-state index >= 15 is 0 Å². The minimum absolute atomic E-state index is 0.345. The zero-order valence-corrected chi connectivity index (χ0v) is 15.4. The summed E-state index contributed by atoms with van der Waals surface area (Å²) in [6.07, 6.45) is 10.5. The van der Waals surface area contributed by atoms with E-state index in [2.05, 4.69) is 53.6 Å². The van der Waals surface area contributed by atoms with Gasteiger partial charge in [0.1, 0.15) is 0 Å². The molecule has 0 aliphatic heterocycles. The van der Waals surface area contributed by atoms with E-state index in [1.54, 1.807) is 0 Å². The molecular weight excluding hydrogens is 300 g/mol. The molecule has 0 aromatic carbocycles. The van der Waals surface area contributed by atoms with Crippen LogP contribution in [0.1, 0.15) is 46.0 Å². The van der Waals surface area contributed by atoms with E-state index in [1.807, 2.05) is 0 Å². The standard InChI is InChI=1S/C19H34N4O/c1-3-20-18(21-12-15-23-13-7-8-14-23)22-17-19(9-5-6-10-19)11-16-24-4-2/h7-8,13-14H,3-6,9-12,15-17H2,1-2H3,(H2,20,21,22). The van der Waals surface area contributed by atoms with Gasteiger partial charge in [-0.1, -0.05) is 12.8 Å². The molecule has 1 aliphatic carbocycles. The monoisotopic (exact) mass is 334 g/mol. The first-order valence-corrected chi connectivity index (χ1v) is 9.49. The van der Waals surface area contributed by atoms with E-state index in [-0.39, 0.29) is 0 Å². The van der Waals surface area contributed by atoms with Crippen molar-refractivity contribution in [1.29, 1.82) is 0 Å². The summed E-state index contributed by atoms with van der Waals surface area (Å²) in [6, 6.07) is 4.11. The maximum absolute atomic E-state index is 5.60. The van der Waals surface area contributed by atoms with Crippen molar-refractivity contribution in [2.75, 3.05) is 32.8 Å². The molecule has 1 fully saturated rings. The Bertz CT molecular complexity index is 464. The Morgan fingerprint density at radius 2 is 1.92 bits per heavy atom. The van der Waals surface area contributed by atoms with Crippen LogP contribution in [0.15, 0.2) is 29.5 Å². The summed E-state index contributed by atoms with van der Waals surface area (Å²) in [5, 5.41) is 6.82. The zero-order chi connectivity index (χ0) is 17.1. The van der Waals surface area contributed by atoms with Crippen molar-refractivity contribution in [3.05, 3.63) is 24.5 Å². The molecule has 0 bridgehead atoms. The van der Waals surface area contributed by atoms with E-state index < -0.39 is 0 Å². The zero-order valence-electron chi connectivity index (χ0n) is 15.4. The first-order valence-electron chi connectivity index (χ1n) is 9.49. The number of ether oxygens (including phenoxy) is 1. The van der Waals surface area contributed by atoms with Crippen molar-refractivity contribution >= 4 is 5.96 Å². The number of hydrogen-bond donors (Lipinski definition) is 2. The number of nitrogens with zero attached hydrogens (tertiary/aromatic N) is 2. The van der Waals surface area contributed by atoms with Crippen LogP contribution in [0.2, 0.25) is 0 Å². The van der Waals surface area contributed by atoms with E-state index in [9.17, 15) is 0 Å². The number of aliphatic imine (C=N–C) groups is 1. The van der Waals surface area contributed by atoms with Gasteiger partial charge in [0, 0.05) is 51.8 Å². The summed E-state index contributed by atoms with van der Waals surface area (Å²) in [5.41, 5.74) is 0.345. The van der Waals surface area contributed by atoms with Gasteiger partial charge in [0.25, 0.3) is 0 Å². The number of hydrogen-bond acceptors (Lipinski definition) is 2. The van der Waals surface area contributed by atoms with Gasteiger partial charge in [-0.25, -0.2) is 0 Å². The molecule has 136 valence electrons. The lowest BCUT2D eigenvalue weighted by atomic mass is 9.83. The molecule has 1 aromatic rings. The van der Waals surface area contributed by atoms with E-state index in [0.29, 0.717) is 5.41 Å². The van der Waals surface area contributed by atoms with Crippen LogP contribution in [0.4, 0.5) is 0 Å². The maximum Gasteiger partial charge on any atom is 0.191 e. The molecule has 2 rings (SSSR count). The molecule has 5 nitrogen and oxygen atoms in total. The molecule has 2 N–H and O–H groups in total. The molecule has 1 aliphatic rings. The SMILES string of the molecule is CCNC(=NCC1(CCOCC)CCCC1)NCCn1cccc1. The second-order valence-electron chi connectivity index (χ2n) is 6.70. The fourth-order valence-corrected chi connectivity index (χ4v) is 3.46. The van der Waals surface area contributed by atoms with Crippen LogP contribution in [0.3, 0.4) is 0 Å². The highest BCUT2D eigenvalue weighted by Crippen LogP contribution is 2.41. The molecule has 0 spiro atoms. The summed E-state index contributed by atoms with van der Waals surface area (Å²) >= 11 is 0. The topological polar surface area (TPSA) is 50.6 Å². The van der Waals surface area contributed by atoms with Crippen LogP contribution in [0.25, 0.3) is 0 Å². The van der Waals surface area contributed by atoms with Crippen LogP contribution < -0.4 is 10.6 Å². The van der Waals surface area contributed by atoms with Crippen LogP contribution in [0, 0.1) is 5.41 Å². The molecule has 1 saturated carbocycles. The average molecular weight is 335 g/mol. The Morgan fingerprint density at radius 1 is 1.17 bits per heavy atom. The third-order valence-corrected chi connectivity index (χ3v) is 4.89. The Labute approximate surface area is 146 Å². The van der Waals surface area contributed by atoms with Gasteiger partial charge in [0.2, 0.25) is 0 Å². The quantitative estimate of drug-likeness (QED) is 0.393. The van der Waals surface area contributed by atoms with E-state index in [4.69, 9.17) is 9.73 Å². The number of rotatable bonds is 10. The van der Waals surface area contributed by atoms with Crippen molar-refractivity contribution in [2.45, 2.75) is 52.5 Å². The highest BCUT2D eigenvalue weighted by molar-refractivity contribution is 5.79. The van der Waals surface area contributed by atoms with Gasteiger partial charge < -0.3 is 19.9 Å². The third-order valence-electron chi connectivity index (χ3n) is 4.89. The molecule has 24 heavy (non-hydrogen) atoms. The molecule has 1 heterocycles. The third kappa shape index (κ3) is 6.19. The number of aromatic nitrogens is 1. The second-order valence-corrected chi connectivity index (χ2v) is 6.70. The lowest BCUT2D eigenvalue weighted by Crippen LogP contribution is -2.39. The van der Waals surface area contributed by atoms with E-state index in [1.165, 1.54) is 25.7 Å². The molecular formula is C19H34N4O. The van der Waals surface area contributed by atoms with Gasteiger partial charge >= 0.3 is 0 Å². The largest absolute Gasteiger partial charge is 0.382 e. The van der Waals surface area contributed by atoms with Gasteiger partial charge in [-0.05, 0) is 50.7 Å². The summed E-state index contributed by atoms with van der Waals surface area (Å²) in [7, 11) is 0. The van der Waals surface area contributed by atoms with Gasteiger partial charge in [0.05, 0.1) is 0 Å². The predicted molar refractivity (Wildman–Crippen MR) is 100 cm³/mol. The van der Waals surface area contributed by atoms with Crippen molar-refractivity contribution in [1.82, 2.24) is 15.2 Å². The lowest BCUT2D eigenvalue weighted by Gasteiger charge is -2.27. The second kappa shape index (κ2) is 10.4. The first-order chi connectivity index (χ1) is 11.8. The van der Waals surface area contributed by atoms with Crippen molar-refractivity contribution in [2.24, 2.45) is 10.4 Å². The summed E-state index contributed by atoms with van der Waals surface area (Å²) < 4.78 is 7.78. The van der Waals surface area contributed by atoms with Crippen LogP contribution in [0.5, 0.6) is 0 Å². The Kier molecular flexibility index (Phi) is 8.16. The highest BCUT2D eigenvalue weighted by atomic mass is 16.5. The lowest BCUT2D eigenvalue weighted by molar-refractivity contribution is 0.107. The van der Waals surface area contributed by atoms with Crippen molar-refractivity contribution in [3.63, 3.8) is 0 Å². The molecule has 0 unspecified atom stereocenters. The minimum atomic E-state index is 0.345. The van der Waals surface area contributed by atoms with Gasteiger partial charge in [-0.2, -0.15) is 0 Å². The Balaban J connectivity index is 1.84. The Hall–Kier alpha value is -1.49. The molecule has 0 atom stereocenters. The molecule has 0 saturated heterocycles. The maximum atomic E-state index is 5.60. The molecule has 1 aromatic heterocycles. The van der Waals surface area contributed by atoms with Crippen molar-refractivity contribution in [3.8, 4) is 0 Å². The van der Waals surface area contributed by atoms with Gasteiger partial charge in [0.15, 0.2) is 5.96 Å².